The molecular weight excluding hydrogens is 246 g/mol. The number of aryl methyl sites for hydroxylation is 1. The van der Waals surface area contributed by atoms with E-state index in [1.54, 1.807) is 6.92 Å². The van der Waals surface area contributed by atoms with Crippen molar-refractivity contribution in [3.63, 3.8) is 0 Å². The Morgan fingerprint density at radius 2 is 2.29 bits per heavy atom. The topological polar surface area (TPSA) is 95.5 Å². The van der Waals surface area contributed by atoms with Crippen molar-refractivity contribution in [2.45, 2.75) is 17.9 Å². The van der Waals surface area contributed by atoms with Crippen LogP contribution in [0.1, 0.15) is 5.69 Å². The quantitative estimate of drug-likeness (QED) is 0.711. The van der Waals surface area contributed by atoms with Gasteiger partial charge in [0, 0.05) is 20.7 Å². The van der Waals surface area contributed by atoms with Crippen molar-refractivity contribution < 1.29 is 18.3 Å². The van der Waals surface area contributed by atoms with Crippen LogP contribution in [0.4, 0.5) is 0 Å². The number of likely N-dealkylation sites (N-methyl/N-ethyl adjacent to an activating group) is 1. The van der Waals surface area contributed by atoms with E-state index in [0.717, 1.165) is 4.31 Å². The average molecular weight is 263 g/mol. The number of H-pyrrole nitrogens is 1. The summed E-state index contributed by atoms with van der Waals surface area (Å²) in [7, 11) is -0.770. The lowest BCUT2D eigenvalue weighted by Crippen LogP contribution is -2.36. The Kier molecular flexibility index (Phi) is 4.63. The van der Waals surface area contributed by atoms with Crippen LogP contribution in [0.3, 0.4) is 0 Å². The largest absolute Gasteiger partial charge is 0.389 e. The highest BCUT2D eigenvalue weighted by Crippen LogP contribution is 2.16. The summed E-state index contributed by atoms with van der Waals surface area (Å²) in [5.74, 6) is 0. The van der Waals surface area contributed by atoms with Gasteiger partial charge in [-0.1, -0.05) is 0 Å². The fourth-order valence-electron chi connectivity index (χ4n) is 1.41. The molecule has 0 aromatic carbocycles. The van der Waals surface area contributed by atoms with E-state index in [4.69, 9.17) is 4.74 Å². The summed E-state index contributed by atoms with van der Waals surface area (Å²) in [6.45, 7) is 1.68. The molecule has 0 fully saturated rings. The zero-order chi connectivity index (χ0) is 13.1. The van der Waals surface area contributed by atoms with Crippen molar-refractivity contribution in [3.8, 4) is 0 Å². The van der Waals surface area contributed by atoms with E-state index in [-0.39, 0.29) is 18.0 Å². The van der Waals surface area contributed by atoms with Gasteiger partial charge in [0.2, 0.25) is 10.0 Å². The molecule has 1 heterocycles. The van der Waals surface area contributed by atoms with Crippen LogP contribution in [-0.4, -0.2) is 61.4 Å². The van der Waals surface area contributed by atoms with Crippen LogP contribution >= 0.6 is 0 Å². The number of aliphatic hydroxyl groups is 1. The van der Waals surface area contributed by atoms with Gasteiger partial charge in [-0.3, -0.25) is 5.10 Å². The van der Waals surface area contributed by atoms with Gasteiger partial charge in [-0.05, 0) is 6.92 Å². The molecule has 8 heteroatoms. The number of nitrogens with one attached hydrogen (secondary N) is 1. The third-order valence-corrected chi connectivity index (χ3v) is 4.24. The molecule has 1 aromatic rings. The van der Waals surface area contributed by atoms with E-state index >= 15 is 0 Å². The highest BCUT2D eigenvalue weighted by molar-refractivity contribution is 7.89. The summed E-state index contributed by atoms with van der Waals surface area (Å²) in [6.07, 6.45) is 0.399. The number of sulfonamides is 1. The zero-order valence-corrected chi connectivity index (χ0v) is 10.9. The lowest BCUT2D eigenvalue weighted by molar-refractivity contribution is 0.0554. The first-order valence-electron chi connectivity index (χ1n) is 5.03. The van der Waals surface area contributed by atoms with Crippen molar-refractivity contribution in [1.29, 1.82) is 0 Å². The summed E-state index contributed by atoms with van der Waals surface area (Å²) >= 11 is 0. The first kappa shape index (κ1) is 14.1. The summed E-state index contributed by atoms with van der Waals surface area (Å²) in [5, 5.41) is 15.7. The van der Waals surface area contributed by atoms with Crippen LogP contribution in [0.15, 0.2) is 11.1 Å². The highest BCUT2D eigenvalue weighted by Gasteiger charge is 2.25. The molecule has 0 aliphatic rings. The molecule has 0 spiro atoms. The minimum absolute atomic E-state index is 0.0270. The third kappa shape index (κ3) is 3.25. The standard InChI is InChI=1S/C9H17N3O4S/c1-7-9(4-10-11-7)17(14,15)12(2)5-8(13)6-16-3/h4,8,13H,5-6H2,1-3H3,(H,10,11). The Labute approximate surface area is 100 Å². The zero-order valence-electron chi connectivity index (χ0n) is 10.0. The molecule has 1 rings (SSSR count). The molecule has 0 bridgehead atoms. The van der Waals surface area contributed by atoms with Crippen molar-refractivity contribution in [1.82, 2.24) is 14.5 Å². The highest BCUT2D eigenvalue weighted by atomic mass is 32.2. The van der Waals surface area contributed by atoms with Crippen LogP contribution in [-0.2, 0) is 14.8 Å². The Morgan fingerprint density at radius 3 is 2.76 bits per heavy atom. The molecule has 0 saturated heterocycles. The molecule has 17 heavy (non-hydrogen) atoms. The van der Waals surface area contributed by atoms with Gasteiger partial charge in [-0.25, -0.2) is 8.42 Å². The first-order valence-corrected chi connectivity index (χ1v) is 6.47. The van der Waals surface area contributed by atoms with Gasteiger partial charge >= 0.3 is 0 Å². The number of hydrogen-bond acceptors (Lipinski definition) is 5. The van der Waals surface area contributed by atoms with Gasteiger partial charge in [0.15, 0.2) is 0 Å². The van der Waals surface area contributed by atoms with E-state index in [0.29, 0.717) is 5.69 Å². The number of rotatable bonds is 6. The van der Waals surface area contributed by atoms with E-state index in [2.05, 4.69) is 10.2 Å². The predicted molar refractivity (Wildman–Crippen MR) is 61.0 cm³/mol. The lowest BCUT2D eigenvalue weighted by Gasteiger charge is -2.19. The molecule has 7 nitrogen and oxygen atoms in total. The maximum atomic E-state index is 12.1. The predicted octanol–water partition coefficient (Wildman–Crippen LogP) is -0.654. The lowest BCUT2D eigenvalue weighted by atomic mass is 10.4. The Balaban J connectivity index is 2.81. The van der Waals surface area contributed by atoms with Gasteiger partial charge < -0.3 is 9.84 Å². The number of ether oxygens (including phenoxy) is 1. The minimum atomic E-state index is -3.62. The summed E-state index contributed by atoms with van der Waals surface area (Å²) < 4.78 is 30.0. The number of aromatic amines is 1. The number of aromatic nitrogens is 2. The fraction of sp³-hybridized carbons (Fsp3) is 0.667. The second-order valence-corrected chi connectivity index (χ2v) is 5.77. The van der Waals surface area contributed by atoms with Gasteiger partial charge in [0.25, 0.3) is 0 Å². The van der Waals surface area contributed by atoms with Gasteiger partial charge in [-0.15, -0.1) is 0 Å². The van der Waals surface area contributed by atoms with Crippen molar-refractivity contribution in [2.75, 3.05) is 27.3 Å². The van der Waals surface area contributed by atoms with Gasteiger partial charge in [0.05, 0.1) is 24.6 Å². The molecule has 0 aliphatic heterocycles. The number of methoxy groups -OCH3 is 1. The molecule has 0 saturated carbocycles. The Morgan fingerprint density at radius 1 is 1.65 bits per heavy atom. The average Bonchev–Trinajstić information content (AvgIpc) is 2.65. The second kappa shape index (κ2) is 5.58. The van der Waals surface area contributed by atoms with E-state index in [1.165, 1.54) is 20.4 Å². The SMILES string of the molecule is COCC(O)CN(C)S(=O)(=O)c1cn[nH]c1C. The van der Waals surface area contributed by atoms with E-state index < -0.39 is 16.1 Å². The maximum Gasteiger partial charge on any atom is 0.246 e. The summed E-state index contributed by atoms with van der Waals surface area (Å²) in [4.78, 5) is 0.115. The molecule has 1 aromatic heterocycles. The second-order valence-electron chi connectivity index (χ2n) is 3.75. The van der Waals surface area contributed by atoms with Gasteiger partial charge in [-0.2, -0.15) is 9.40 Å². The third-order valence-electron chi connectivity index (χ3n) is 2.30. The van der Waals surface area contributed by atoms with Crippen LogP contribution in [0, 0.1) is 6.92 Å². The van der Waals surface area contributed by atoms with Crippen LogP contribution in [0.2, 0.25) is 0 Å². The molecule has 98 valence electrons. The van der Waals surface area contributed by atoms with E-state index in [9.17, 15) is 13.5 Å². The smallest absolute Gasteiger partial charge is 0.246 e. The molecule has 1 unspecified atom stereocenters. The summed E-state index contributed by atoms with van der Waals surface area (Å²) in [5.41, 5.74) is 0.470. The molecule has 0 amide bonds. The first-order chi connectivity index (χ1) is 7.89. The van der Waals surface area contributed by atoms with Crippen molar-refractivity contribution >= 4 is 10.0 Å². The Bertz CT molecular complexity index is 457. The van der Waals surface area contributed by atoms with Crippen LogP contribution < -0.4 is 0 Å². The maximum absolute atomic E-state index is 12.1. The number of nitrogens with zero attached hydrogens (tertiary/aromatic N) is 2. The van der Waals surface area contributed by atoms with Crippen LogP contribution in [0.25, 0.3) is 0 Å². The summed E-state index contributed by atoms with van der Waals surface area (Å²) in [6, 6.07) is 0. The van der Waals surface area contributed by atoms with Crippen LogP contribution in [0.5, 0.6) is 0 Å². The molecule has 1 atom stereocenters. The Hall–Kier alpha value is -0.960. The molecule has 0 aliphatic carbocycles. The minimum Gasteiger partial charge on any atom is -0.389 e. The van der Waals surface area contributed by atoms with Crippen molar-refractivity contribution in [3.05, 3.63) is 11.9 Å². The normalized spacial score (nSPS) is 14.2. The van der Waals surface area contributed by atoms with Crippen molar-refractivity contribution in [2.24, 2.45) is 0 Å². The monoisotopic (exact) mass is 263 g/mol. The number of hydrogen-bond donors (Lipinski definition) is 2. The molecular formula is C9H17N3O4S. The van der Waals surface area contributed by atoms with Gasteiger partial charge in [0.1, 0.15) is 4.90 Å². The number of aliphatic hydroxyl groups excluding tert-OH is 1. The van der Waals surface area contributed by atoms with E-state index in [1.807, 2.05) is 0 Å². The molecule has 0 radical (unpaired) electrons. The molecule has 2 N–H and O–H groups in total. The fourth-order valence-corrected chi connectivity index (χ4v) is 2.73.